The van der Waals surface area contributed by atoms with Gasteiger partial charge in [-0.2, -0.15) is 0 Å². The predicted octanol–water partition coefficient (Wildman–Crippen LogP) is 1.82. The van der Waals surface area contributed by atoms with Gasteiger partial charge >= 0.3 is 0 Å². The fraction of sp³-hybridized carbons (Fsp3) is 0.462. The largest absolute Gasteiger partial charge is 0.385 e. The molecule has 4 nitrogen and oxygen atoms in total. The second-order valence-corrected chi connectivity index (χ2v) is 5.00. The third kappa shape index (κ3) is 5.62. The number of carbonyl (C=O) groups excluding carboxylic acids is 1. The molecule has 1 amide bonds. The molecule has 0 aliphatic heterocycles. The number of carbonyl (C=O) groups is 1. The van der Waals surface area contributed by atoms with E-state index in [1.807, 2.05) is 24.3 Å². The van der Waals surface area contributed by atoms with Crippen molar-refractivity contribution in [3.05, 3.63) is 34.3 Å². The summed E-state index contributed by atoms with van der Waals surface area (Å²) in [4.78, 5) is 11.7. The van der Waals surface area contributed by atoms with Gasteiger partial charge < -0.3 is 15.8 Å². The Hall–Kier alpha value is -0.910. The highest BCUT2D eigenvalue weighted by atomic mass is 79.9. The second kappa shape index (κ2) is 8.24. The Bertz CT molecular complexity index is 368. The van der Waals surface area contributed by atoms with Crippen molar-refractivity contribution in [3.63, 3.8) is 0 Å². The molecule has 0 heterocycles. The van der Waals surface area contributed by atoms with Crippen molar-refractivity contribution >= 4 is 21.8 Å². The summed E-state index contributed by atoms with van der Waals surface area (Å²) < 4.78 is 5.94. The van der Waals surface area contributed by atoms with Gasteiger partial charge in [0.1, 0.15) is 0 Å². The summed E-state index contributed by atoms with van der Waals surface area (Å²) in [5.74, 6) is -0.117. The molecule has 0 bridgehead atoms. The van der Waals surface area contributed by atoms with Gasteiger partial charge in [-0.05, 0) is 30.5 Å². The lowest BCUT2D eigenvalue weighted by Crippen LogP contribution is -2.40. The first-order valence-corrected chi connectivity index (χ1v) is 6.69. The van der Waals surface area contributed by atoms with E-state index in [1.54, 1.807) is 7.11 Å². The van der Waals surface area contributed by atoms with Crippen molar-refractivity contribution in [3.8, 4) is 0 Å². The molecule has 5 heteroatoms. The quantitative estimate of drug-likeness (QED) is 0.755. The normalized spacial score (nSPS) is 12.2. The molecular weight excluding hydrogens is 296 g/mol. The summed E-state index contributed by atoms with van der Waals surface area (Å²) in [7, 11) is 1.64. The smallest absolute Gasteiger partial charge is 0.237 e. The zero-order chi connectivity index (χ0) is 13.4. The number of benzene rings is 1. The number of nitrogens with two attached hydrogens (primary N) is 1. The summed E-state index contributed by atoms with van der Waals surface area (Å²) >= 11 is 3.36. The lowest BCUT2D eigenvalue weighted by atomic mass is 10.1. The molecule has 0 radical (unpaired) electrons. The van der Waals surface area contributed by atoms with Crippen molar-refractivity contribution in [2.75, 3.05) is 13.7 Å². The van der Waals surface area contributed by atoms with E-state index in [0.717, 1.165) is 16.5 Å². The number of methoxy groups -OCH3 is 1. The highest BCUT2D eigenvalue weighted by Gasteiger charge is 2.12. The van der Waals surface area contributed by atoms with Crippen LogP contribution in [0.3, 0.4) is 0 Å². The van der Waals surface area contributed by atoms with E-state index in [0.29, 0.717) is 19.6 Å². The van der Waals surface area contributed by atoms with Gasteiger partial charge in [0.05, 0.1) is 6.04 Å². The molecule has 1 aromatic carbocycles. The van der Waals surface area contributed by atoms with Gasteiger partial charge in [-0.25, -0.2) is 0 Å². The van der Waals surface area contributed by atoms with Crippen molar-refractivity contribution in [1.29, 1.82) is 0 Å². The molecule has 0 aliphatic carbocycles. The standard InChI is InChI=1S/C13H19BrN2O2/c1-18-8-2-3-12(15)13(17)16-9-10-4-6-11(14)7-5-10/h4-7,12H,2-3,8-9,15H2,1H3,(H,16,17). The molecule has 100 valence electrons. The number of hydrogen-bond acceptors (Lipinski definition) is 3. The SMILES string of the molecule is COCCCC(N)C(=O)NCc1ccc(Br)cc1. The van der Waals surface area contributed by atoms with Crippen LogP contribution in [-0.2, 0) is 16.1 Å². The second-order valence-electron chi connectivity index (χ2n) is 4.09. The molecule has 3 N–H and O–H groups in total. The zero-order valence-electron chi connectivity index (χ0n) is 10.5. The topological polar surface area (TPSA) is 64.3 Å². The molecule has 0 saturated heterocycles. The average Bonchev–Trinajstić information content (AvgIpc) is 2.38. The van der Waals surface area contributed by atoms with Crippen LogP contribution in [0, 0.1) is 0 Å². The van der Waals surface area contributed by atoms with Crippen LogP contribution < -0.4 is 11.1 Å². The van der Waals surface area contributed by atoms with Crippen LogP contribution in [0.1, 0.15) is 18.4 Å². The minimum absolute atomic E-state index is 0.117. The molecule has 1 unspecified atom stereocenters. The summed E-state index contributed by atoms with van der Waals surface area (Å²) in [6.07, 6.45) is 1.43. The first-order valence-electron chi connectivity index (χ1n) is 5.90. The fourth-order valence-electron chi connectivity index (χ4n) is 1.50. The Kier molecular flexibility index (Phi) is 6.93. The van der Waals surface area contributed by atoms with Gasteiger partial charge in [0.15, 0.2) is 0 Å². The van der Waals surface area contributed by atoms with E-state index in [-0.39, 0.29) is 5.91 Å². The fourth-order valence-corrected chi connectivity index (χ4v) is 1.77. The molecule has 1 aromatic rings. The lowest BCUT2D eigenvalue weighted by Gasteiger charge is -2.12. The molecule has 0 fully saturated rings. The van der Waals surface area contributed by atoms with Crippen LogP contribution >= 0.6 is 15.9 Å². The van der Waals surface area contributed by atoms with Gasteiger partial charge in [0.2, 0.25) is 5.91 Å². The number of rotatable bonds is 7. The molecule has 0 aromatic heterocycles. The lowest BCUT2D eigenvalue weighted by molar-refractivity contribution is -0.122. The van der Waals surface area contributed by atoms with Gasteiger partial charge in [-0.3, -0.25) is 4.79 Å². The zero-order valence-corrected chi connectivity index (χ0v) is 12.1. The van der Waals surface area contributed by atoms with Gasteiger partial charge in [-0.1, -0.05) is 28.1 Å². The maximum absolute atomic E-state index is 11.7. The van der Waals surface area contributed by atoms with Crippen LogP contribution in [0.15, 0.2) is 28.7 Å². The van der Waals surface area contributed by atoms with Crippen LogP contribution in [0.2, 0.25) is 0 Å². The summed E-state index contributed by atoms with van der Waals surface area (Å²) in [5, 5.41) is 2.83. The minimum Gasteiger partial charge on any atom is -0.385 e. The molecule has 18 heavy (non-hydrogen) atoms. The first-order chi connectivity index (χ1) is 8.63. The maximum Gasteiger partial charge on any atom is 0.237 e. The molecule has 1 atom stereocenters. The van der Waals surface area contributed by atoms with Crippen molar-refractivity contribution in [1.82, 2.24) is 5.32 Å². The van der Waals surface area contributed by atoms with Gasteiger partial charge in [0, 0.05) is 24.7 Å². The number of hydrogen-bond donors (Lipinski definition) is 2. The molecule has 0 saturated carbocycles. The first kappa shape index (κ1) is 15.1. The maximum atomic E-state index is 11.7. The predicted molar refractivity (Wildman–Crippen MR) is 75.1 cm³/mol. The molecule has 0 aliphatic rings. The molecule has 1 rings (SSSR count). The summed E-state index contributed by atoms with van der Waals surface area (Å²) in [5.41, 5.74) is 6.82. The molecule has 0 spiro atoms. The van der Waals surface area contributed by atoms with Crippen LogP contribution in [0.4, 0.5) is 0 Å². The number of nitrogens with one attached hydrogen (secondary N) is 1. The molecular formula is C13H19BrN2O2. The number of ether oxygens (including phenoxy) is 1. The summed E-state index contributed by atoms with van der Waals surface area (Å²) in [6.45, 7) is 1.14. The number of amides is 1. The Balaban J connectivity index is 2.29. The van der Waals surface area contributed by atoms with Crippen LogP contribution in [-0.4, -0.2) is 25.7 Å². The van der Waals surface area contributed by atoms with Crippen LogP contribution in [0.5, 0.6) is 0 Å². The Morgan fingerprint density at radius 3 is 2.72 bits per heavy atom. The van der Waals surface area contributed by atoms with E-state index in [9.17, 15) is 4.79 Å². The van der Waals surface area contributed by atoms with Gasteiger partial charge in [-0.15, -0.1) is 0 Å². The Morgan fingerprint density at radius 2 is 2.11 bits per heavy atom. The average molecular weight is 315 g/mol. The van der Waals surface area contributed by atoms with E-state index in [2.05, 4.69) is 21.2 Å². The van der Waals surface area contributed by atoms with Crippen molar-refractivity contribution < 1.29 is 9.53 Å². The Labute approximate surface area is 116 Å². The minimum atomic E-state index is -0.462. The highest BCUT2D eigenvalue weighted by molar-refractivity contribution is 9.10. The third-order valence-electron chi connectivity index (χ3n) is 2.58. The summed E-state index contributed by atoms with van der Waals surface area (Å²) in [6, 6.07) is 7.34. The van der Waals surface area contributed by atoms with Crippen LogP contribution in [0.25, 0.3) is 0 Å². The van der Waals surface area contributed by atoms with E-state index >= 15 is 0 Å². The Morgan fingerprint density at radius 1 is 1.44 bits per heavy atom. The van der Waals surface area contributed by atoms with Crippen molar-refractivity contribution in [2.45, 2.75) is 25.4 Å². The number of halogens is 1. The monoisotopic (exact) mass is 314 g/mol. The van der Waals surface area contributed by atoms with E-state index < -0.39 is 6.04 Å². The van der Waals surface area contributed by atoms with E-state index in [1.165, 1.54) is 0 Å². The van der Waals surface area contributed by atoms with Gasteiger partial charge in [0.25, 0.3) is 0 Å². The van der Waals surface area contributed by atoms with E-state index in [4.69, 9.17) is 10.5 Å². The van der Waals surface area contributed by atoms with Crippen molar-refractivity contribution in [2.24, 2.45) is 5.73 Å². The third-order valence-corrected chi connectivity index (χ3v) is 3.11. The highest BCUT2D eigenvalue weighted by Crippen LogP contribution is 2.10.